The topological polar surface area (TPSA) is 139 Å². The van der Waals surface area contributed by atoms with E-state index >= 15 is 0 Å². The molecule has 5 N–H and O–H groups in total. The van der Waals surface area contributed by atoms with Crippen LogP contribution in [0.2, 0.25) is 0 Å². The van der Waals surface area contributed by atoms with Crippen LogP contribution < -0.4 is 11.1 Å². The fraction of sp³-hybridized carbons (Fsp3) is 0.476. The highest BCUT2D eigenvalue weighted by atomic mass is 16.5. The number of furan rings is 1. The molecule has 8 nitrogen and oxygen atoms in total. The lowest BCUT2D eigenvalue weighted by molar-refractivity contribution is -0.151. The van der Waals surface area contributed by atoms with Gasteiger partial charge in [0.15, 0.2) is 0 Å². The lowest BCUT2D eigenvalue weighted by Crippen LogP contribution is -2.39. The Bertz CT molecular complexity index is 886. The van der Waals surface area contributed by atoms with Gasteiger partial charge >= 0.3 is 5.97 Å². The molecule has 0 aliphatic heterocycles. The average molecular weight is 401 g/mol. The van der Waals surface area contributed by atoms with E-state index in [0.29, 0.717) is 11.0 Å². The molecule has 29 heavy (non-hydrogen) atoms. The number of hydrogen-bond acceptors (Lipinski definition) is 6. The molecule has 0 spiro atoms. The van der Waals surface area contributed by atoms with E-state index < -0.39 is 17.9 Å². The number of amidine groups is 1. The summed E-state index contributed by atoms with van der Waals surface area (Å²) in [6.45, 7) is -0.188. The monoisotopic (exact) mass is 401 g/mol. The number of nitrogen functional groups attached to an aromatic ring is 1. The molecule has 1 heterocycles. The number of benzene rings is 1. The van der Waals surface area contributed by atoms with Crippen molar-refractivity contribution >= 4 is 28.7 Å². The minimum absolute atomic E-state index is 0.0354. The molecule has 3 rings (SSSR count). The highest BCUT2D eigenvalue weighted by molar-refractivity contribution is 6.14. The second-order valence-corrected chi connectivity index (χ2v) is 7.38. The fourth-order valence-electron chi connectivity index (χ4n) is 3.74. The number of nitrogens with two attached hydrogens (primary N) is 1. The maximum Gasteiger partial charge on any atom is 0.308 e. The molecule has 2 aromatic rings. The van der Waals surface area contributed by atoms with Gasteiger partial charge in [-0.15, -0.1) is 0 Å². The van der Waals surface area contributed by atoms with E-state index in [1.807, 2.05) is 0 Å². The summed E-state index contributed by atoms with van der Waals surface area (Å²) in [4.78, 5) is 25.3. The molecule has 1 aliphatic rings. The van der Waals surface area contributed by atoms with Crippen molar-refractivity contribution in [1.82, 2.24) is 5.32 Å². The Morgan fingerprint density at radius 2 is 2.03 bits per heavy atom. The van der Waals surface area contributed by atoms with Crippen LogP contribution in [0.4, 0.5) is 0 Å². The van der Waals surface area contributed by atoms with Crippen molar-refractivity contribution in [2.45, 2.75) is 57.1 Å². The number of esters is 1. The Morgan fingerprint density at radius 1 is 1.28 bits per heavy atom. The van der Waals surface area contributed by atoms with Crippen molar-refractivity contribution in [3.05, 3.63) is 35.6 Å². The van der Waals surface area contributed by atoms with E-state index in [9.17, 15) is 14.7 Å². The number of nitrogens with one attached hydrogen (secondary N) is 2. The summed E-state index contributed by atoms with van der Waals surface area (Å²) >= 11 is 0. The van der Waals surface area contributed by atoms with Crippen molar-refractivity contribution in [2.75, 3.05) is 6.61 Å². The minimum atomic E-state index is -0.603. The molecule has 0 saturated heterocycles. The lowest BCUT2D eigenvalue weighted by Gasteiger charge is -2.23. The second-order valence-electron chi connectivity index (χ2n) is 7.38. The highest BCUT2D eigenvalue weighted by Crippen LogP contribution is 2.24. The van der Waals surface area contributed by atoms with Gasteiger partial charge in [-0.2, -0.15) is 0 Å². The first-order valence-corrected chi connectivity index (χ1v) is 9.95. The Morgan fingerprint density at radius 3 is 2.72 bits per heavy atom. The van der Waals surface area contributed by atoms with Crippen LogP contribution in [0.15, 0.2) is 28.9 Å². The van der Waals surface area contributed by atoms with Crippen molar-refractivity contribution in [3.63, 3.8) is 0 Å². The molecule has 1 fully saturated rings. The van der Waals surface area contributed by atoms with E-state index in [4.69, 9.17) is 20.3 Å². The zero-order chi connectivity index (χ0) is 20.8. The number of carbonyl (C=O) groups is 2. The molecule has 1 aromatic heterocycles. The molecule has 156 valence electrons. The van der Waals surface area contributed by atoms with Gasteiger partial charge < -0.3 is 25.3 Å². The first-order chi connectivity index (χ1) is 14.0. The Kier molecular flexibility index (Phi) is 6.87. The third-order valence-electron chi connectivity index (χ3n) is 5.22. The van der Waals surface area contributed by atoms with Crippen LogP contribution in [-0.2, 0) is 9.53 Å². The number of amides is 1. The molecule has 1 atom stereocenters. The quantitative estimate of drug-likeness (QED) is 0.304. The summed E-state index contributed by atoms with van der Waals surface area (Å²) in [7, 11) is 0. The lowest BCUT2D eigenvalue weighted by atomic mass is 9.98. The smallest absolute Gasteiger partial charge is 0.308 e. The standard InChI is InChI=1S/C21H27N3O5/c22-20(23)16-7-6-13-9-11-28-19(13)18(16)21(27)24-14(8-10-25)12-17(26)29-15-4-2-1-3-5-15/h6-7,9,11,14-15,25H,1-5,8,10,12H2,(H3,22,23)(H,24,27). The molecular weight excluding hydrogens is 374 g/mol. The summed E-state index contributed by atoms with van der Waals surface area (Å²) < 4.78 is 11.0. The van der Waals surface area contributed by atoms with Gasteiger partial charge in [0.1, 0.15) is 17.5 Å². The van der Waals surface area contributed by atoms with E-state index in [1.165, 1.54) is 6.26 Å². The third kappa shape index (κ3) is 5.14. The first-order valence-electron chi connectivity index (χ1n) is 9.95. The van der Waals surface area contributed by atoms with Gasteiger partial charge in [-0.25, -0.2) is 0 Å². The molecular formula is C21H27N3O5. The largest absolute Gasteiger partial charge is 0.463 e. The zero-order valence-corrected chi connectivity index (χ0v) is 16.3. The molecule has 1 aromatic carbocycles. The number of aliphatic hydroxyl groups excluding tert-OH is 1. The van der Waals surface area contributed by atoms with Crippen LogP contribution >= 0.6 is 0 Å². The van der Waals surface area contributed by atoms with Gasteiger partial charge in [-0.3, -0.25) is 15.0 Å². The third-order valence-corrected chi connectivity index (χ3v) is 5.22. The van der Waals surface area contributed by atoms with Crippen molar-refractivity contribution in [1.29, 1.82) is 5.41 Å². The van der Waals surface area contributed by atoms with Crippen molar-refractivity contribution < 1.29 is 23.8 Å². The number of hydrogen-bond donors (Lipinski definition) is 4. The molecule has 1 unspecified atom stereocenters. The molecule has 8 heteroatoms. The van der Waals surface area contributed by atoms with Gasteiger partial charge in [-0.1, -0.05) is 12.5 Å². The number of ether oxygens (including phenoxy) is 1. The van der Waals surface area contributed by atoms with E-state index in [0.717, 1.165) is 32.1 Å². The SMILES string of the molecule is N=C(N)c1ccc2ccoc2c1C(=O)NC(CCO)CC(=O)OC1CCCCC1. The van der Waals surface area contributed by atoms with Crippen molar-refractivity contribution in [2.24, 2.45) is 5.73 Å². The van der Waals surface area contributed by atoms with Crippen LogP contribution in [0.5, 0.6) is 0 Å². The number of carbonyl (C=O) groups excluding carboxylic acids is 2. The number of fused-ring (bicyclic) bond motifs is 1. The summed E-state index contributed by atoms with van der Waals surface area (Å²) in [5.41, 5.74) is 6.35. The number of aliphatic hydroxyl groups is 1. The maximum absolute atomic E-state index is 13.0. The van der Waals surface area contributed by atoms with Gasteiger partial charge in [0, 0.05) is 23.6 Å². The van der Waals surface area contributed by atoms with Gasteiger partial charge in [0.2, 0.25) is 0 Å². The maximum atomic E-state index is 13.0. The van der Waals surface area contributed by atoms with Crippen molar-refractivity contribution in [3.8, 4) is 0 Å². The van der Waals surface area contributed by atoms with E-state index in [2.05, 4.69) is 5.32 Å². The zero-order valence-electron chi connectivity index (χ0n) is 16.3. The Labute approximate surface area is 168 Å². The highest BCUT2D eigenvalue weighted by Gasteiger charge is 2.25. The predicted octanol–water partition coefficient (Wildman–Crippen LogP) is 2.46. The fourth-order valence-corrected chi connectivity index (χ4v) is 3.74. The summed E-state index contributed by atoms with van der Waals surface area (Å²) in [5.74, 6) is -1.16. The summed E-state index contributed by atoms with van der Waals surface area (Å²) in [6.07, 6.45) is 6.55. The summed E-state index contributed by atoms with van der Waals surface area (Å²) in [5, 5.41) is 20.6. The van der Waals surface area contributed by atoms with Crippen LogP contribution in [0.3, 0.4) is 0 Å². The average Bonchev–Trinajstić information content (AvgIpc) is 3.16. The molecule has 0 radical (unpaired) electrons. The van der Waals surface area contributed by atoms with Gasteiger partial charge in [-0.05, 0) is 44.2 Å². The summed E-state index contributed by atoms with van der Waals surface area (Å²) in [6, 6.07) is 4.42. The minimum Gasteiger partial charge on any atom is -0.463 e. The molecule has 1 aliphatic carbocycles. The Hall–Kier alpha value is -2.87. The molecule has 1 amide bonds. The molecule has 1 saturated carbocycles. The van der Waals surface area contributed by atoms with Crippen LogP contribution in [-0.4, -0.2) is 41.6 Å². The van der Waals surface area contributed by atoms with E-state index in [1.54, 1.807) is 18.2 Å². The van der Waals surface area contributed by atoms with Gasteiger partial charge in [0.05, 0.1) is 18.2 Å². The van der Waals surface area contributed by atoms with Crippen LogP contribution in [0.25, 0.3) is 11.0 Å². The van der Waals surface area contributed by atoms with Gasteiger partial charge in [0.25, 0.3) is 5.91 Å². The molecule has 0 bridgehead atoms. The number of rotatable bonds is 8. The predicted molar refractivity (Wildman–Crippen MR) is 108 cm³/mol. The van der Waals surface area contributed by atoms with E-state index in [-0.39, 0.29) is 42.5 Å². The van der Waals surface area contributed by atoms with Crippen LogP contribution in [0.1, 0.15) is 60.9 Å². The second kappa shape index (κ2) is 9.56. The first kappa shape index (κ1) is 20.9. The normalized spacial score (nSPS) is 15.8. The Balaban J connectivity index is 1.73. The van der Waals surface area contributed by atoms with Crippen LogP contribution in [0, 0.1) is 5.41 Å².